The Morgan fingerprint density at radius 3 is 2.57 bits per heavy atom. The molecule has 1 aromatic rings. The maximum absolute atomic E-state index is 12.7. The van der Waals surface area contributed by atoms with Gasteiger partial charge in [-0.25, -0.2) is 0 Å². The third-order valence-electron chi connectivity index (χ3n) is 5.48. The summed E-state index contributed by atoms with van der Waals surface area (Å²) in [6.45, 7) is 4.10. The third kappa shape index (κ3) is 2.99. The molecule has 1 fully saturated rings. The number of carbonyl (C=O) groups is 2. The molecule has 0 atom stereocenters. The molecule has 0 saturated heterocycles. The Labute approximate surface area is 138 Å². The van der Waals surface area contributed by atoms with Crippen LogP contribution in [0.2, 0.25) is 0 Å². The second-order valence-electron chi connectivity index (χ2n) is 6.97. The van der Waals surface area contributed by atoms with Crippen LogP contribution in [-0.2, 0) is 16.0 Å². The molecule has 2 aliphatic rings. The average Bonchev–Trinajstić information content (AvgIpc) is 2.56. The minimum absolute atomic E-state index is 0.141. The molecule has 1 heterocycles. The van der Waals surface area contributed by atoms with Crippen molar-refractivity contribution in [2.45, 2.75) is 58.8 Å². The van der Waals surface area contributed by atoms with E-state index in [1.807, 2.05) is 14.0 Å². The fourth-order valence-corrected chi connectivity index (χ4v) is 3.80. The van der Waals surface area contributed by atoms with Crippen molar-refractivity contribution in [3.05, 3.63) is 22.8 Å². The lowest BCUT2D eigenvalue weighted by molar-refractivity contribution is -0.120. The van der Waals surface area contributed by atoms with Crippen molar-refractivity contribution in [1.29, 1.82) is 0 Å². The van der Waals surface area contributed by atoms with Crippen LogP contribution < -0.4 is 10.2 Å². The highest BCUT2D eigenvalue weighted by atomic mass is 16.2. The van der Waals surface area contributed by atoms with Gasteiger partial charge in [0.25, 0.3) is 0 Å². The van der Waals surface area contributed by atoms with Crippen LogP contribution in [0, 0.1) is 19.8 Å². The number of rotatable bonds is 2. The summed E-state index contributed by atoms with van der Waals surface area (Å²) in [6, 6.07) is 2.07. The van der Waals surface area contributed by atoms with E-state index in [2.05, 4.69) is 18.3 Å². The minimum atomic E-state index is 0.141. The molecule has 23 heavy (non-hydrogen) atoms. The predicted octanol–water partition coefficient (Wildman–Crippen LogP) is 3.73. The molecule has 4 heteroatoms. The molecule has 3 rings (SSSR count). The molecule has 124 valence electrons. The molecule has 4 nitrogen and oxygen atoms in total. The topological polar surface area (TPSA) is 49.4 Å². The second kappa shape index (κ2) is 6.34. The average molecular weight is 314 g/mol. The van der Waals surface area contributed by atoms with Crippen LogP contribution in [0.15, 0.2) is 6.07 Å². The molecule has 0 aromatic heterocycles. The summed E-state index contributed by atoms with van der Waals surface area (Å²) in [5.74, 6) is 0.438. The maximum Gasteiger partial charge on any atom is 0.227 e. The monoisotopic (exact) mass is 314 g/mol. The van der Waals surface area contributed by atoms with Crippen molar-refractivity contribution in [2.24, 2.45) is 5.92 Å². The number of fused-ring (bicyclic) bond motifs is 1. The molecule has 1 saturated carbocycles. The van der Waals surface area contributed by atoms with Crippen LogP contribution in [-0.4, -0.2) is 18.9 Å². The zero-order valence-corrected chi connectivity index (χ0v) is 14.4. The molecular weight excluding hydrogens is 288 g/mol. The highest BCUT2D eigenvalue weighted by Crippen LogP contribution is 2.37. The first-order valence-electron chi connectivity index (χ1n) is 8.69. The van der Waals surface area contributed by atoms with Crippen molar-refractivity contribution in [1.82, 2.24) is 0 Å². The van der Waals surface area contributed by atoms with Crippen LogP contribution in [0.3, 0.4) is 0 Å². The largest absolute Gasteiger partial charge is 0.325 e. The Balaban J connectivity index is 1.93. The van der Waals surface area contributed by atoms with Gasteiger partial charge in [0.05, 0.1) is 0 Å². The number of aryl methyl sites for hydroxylation is 1. The van der Waals surface area contributed by atoms with Gasteiger partial charge in [-0.1, -0.05) is 19.3 Å². The molecule has 2 amide bonds. The molecule has 1 N–H and O–H groups in total. The Bertz CT molecular complexity index is 645. The van der Waals surface area contributed by atoms with Crippen molar-refractivity contribution < 1.29 is 9.59 Å². The number of nitrogens with one attached hydrogen (secondary N) is 1. The van der Waals surface area contributed by atoms with E-state index in [-0.39, 0.29) is 17.7 Å². The smallest absolute Gasteiger partial charge is 0.227 e. The van der Waals surface area contributed by atoms with Gasteiger partial charge < -0.3 is 10.2 Å². The number of hydrogen-bond donors (Lipinski definition) is 1. The third-order valence-corrected chi connectivity index (χ3v) is 5.48. The van der Waals surface area contributed by atoms with Gasteiger partial charge in [-0.15, -0.1) is 0 Å². The quantitative estimate of drug-likeness (QED) is 0.904. The fourth-order valence-electron chi connectivity index (χ4n) is 3.80. The lowest BCUT2D eigenvalue weighted by Gasteiger charge is -2.30. The number of carbonyl (C=O) groups excluding carboxylic acids is 2. The normalized spacial score (nSPS) is 18.7. The lowest BCUT2D eigenvalue weighted by Crippen LogP contribution is -2.33. The Morgan fingerprint density at radius 2 is 1.87 bits per heavy atom. The molecule has 1 aliphatic heterocycles. The number of benzene rings is 1. The van der Waals surface area contributed by atoms with E-state index in [4.69, 9.17) is 0 Å². The predicted molar refractivity (Wildman–Crippen MR) is 92.9 cm³/mol. The van der Waals surface area contributed by atoms with E-state index < -0.39 is 0 Å². The van der Waals surface area contributed by atoms with E-state index in [0.717, 1.165) is 53.7 Å². The molecule has 0 radical (unpaired) electrons. The van der Waals surface area contributed by atoms with Gasteiger partial charge in [-0.2, -0.15) is 0 Å². The molecular formula is C19H26N2O2. The summed E-state index contributed by atoms with van der Waals surface area (Å²) in [7, 11) is 1.82. The van der Waals surface area contributed by atoms with Gasteiger partial charge >= 0.3 is 0 Å². The van der Waals surface area contributed by atoms with Gasteiger partial charge in [0.15, 0.2) is 0 Å². The Kier molecular flexibility index (Phi) is 4.42. The van der Waals surface area contributed by atoms with Crippen LogP contribution in [0.5, 0.6) is 0 Å². The van der Waals surface area contributed by atoms with E-state index in [0.29, 0.717) is 12.8 Å². The molecule has 0 bridgehead atoms. The summed E-state index contributed by atoms with van der Waals surface area (Å²) >= 11 is 0. The van der Waals surface area contributed by atoms with Crippen molar-refractivity contribution in [3.8, 4) is 0 Å². The van der Waals surface area contributed by atoms with E-state index in [1.165, 1.54) is 6.42 Å². The summed E-state index contributed by atoms with van der Waals surface area (Å²) in [4.78, 5) is 26.4. The van der Waals surface area contributed by atoms with Crippen molar-refractivity contribution in [2.75, 3.05) is 17.3 Å². The van der Waals surface area contributed by atoms with E-state index in [1.54, 1.807) is 4.90 Å². The highest BCUT2D eigenvalue weighted by molar-refractivity contribution is 6.01. The molecule has 0 spiro atoms. The highest BCUT2D eigenvalue weighted by Gasteiger charge is 2.27. The first kappa shape index (κ1) is 16.0. The molecule has 0 unspecified atom stereocenters. The summed E-state index contributed by atoms with van der Waals surface area (Å²) in [5.41, 5.74) is 5.23. The Morgan fingerprint density at radius 1 is 1.17 bits per heavy atom. The summed E-state index contributed by atoms with van der Waals surface area (Å²) in [5, 5.41) is 3.21. The minimum Gasteiger partial charge on any atom is -0.325 e. The standard InChI is InChI=1S/C19H26N2O2/c1-12-11-16-15(9-10-17(22)21(16)3)18(13(12)2)20-19(23)14-7-5-4-6-8-14/h11,14H,4-10H2,1-3H3,(H,20,23). The van der Waals surface area contributed by atoms with Crippen molar-refractivity contribution in [3.63, 3.8) is 0 Å². The number of nitrogens with zero attached hydrogens (tertiary/aromatic N) is 1. The van der Waals surface area contributed by atoms with Crippen LogP contribution >= 0.6 is 0 Å². The fraction of sp³-hybridized carbons (Fsp3) is 0.579. The lowest BCUT2D eigenvalue weighted by atomic mass is 9.88. The van der Waals surface area contributed by atoms with Gasteiger partial charge in [-0.3, -0.25) is 9.59 Å². The van der Waals surface area contributed by atoms with Crippen molar-refractivity contribution >= 4 is 23.2 Å². The van der Waals surface area contributed by atoms with Crippen LogP contribution in [0.4, 0.5) is 11.4 Å². The van der Waals surface area contributed by atoms with Crippen LogP contribution in [0.25, 0.3) is 0 Å². The van der Waals surface area contributed by atoms with Gasteiger partial charge in [-0.05, 0) is 50.3 Å². The van der Waals surface area contributed by atoms with Crippen LogP contribution in [0.1, 0.15) is 55.2 Å². The zero-order valence-electron chi connectivity index (χ0n) is 14.4. The summed E-state index contributed by atoms with van der Waals surface area (Å²) < 4.78 is 0. The Hall–Kier alpha value is -1.84. The second-order valence-corrected chi connectivity index (χ2v) is 6.97. The molecule has 1 aliphatic carbocycles. The first-order valence-corrected chi connectivity index (χ1v) is 8.69. The zero-order chi connectivity index (χ0) is 16.6. The van der Waals surface area contributed by atoms with E-state index >= 15 is 0 Å². The van der Waals surface area contributed by atoms with Gasteiger partial charge in [0.1, 0.15) is 0 Å². The van der Waals surface area contributed by atoms with Gasteiger partial charge in [0, 0.05) is 36.3 Å². The SMILES string of the molecule is Cc1cc2c(c(NC(=O)C3CCCCC3)c1C)CCC(=O)N2C. The van der Waals surface area contributed by atoms with Gasteiger partial charge in [0.2, 0.25) is 11.8 Å². The number of anilines is 2. The first-order chi connectivity index (χ1) is 11.0. The summed E-state index contributed by atoms with van der Waals surface area (Å²) in [6.07, 6.45) is 6.77. The number of hydrogen-bond acceptors (Lipinski definition) is 2. The van der Waals surface area contributed by atoms with E-state index in [9.17, 15) is 9.59 Å². The maximum atomic E-state index is 12.7. The number of amides is 2. The molecule has 1 aromatic carbocycles.